The maximum absolute atomic E-state index is 2.47. The molecule has 2 aromatic heterocycles. The van der Waals surface area contributed by atoms with Gasteiger partial charge in [-0.1, -0.05) is 147 Å². The molecular weight excluding hydrogens is 641 g/mol. The summed E-state index contributed by atoms with van der Waals surface area (Å²) >= 11 is 0. The Balaban J connectivity index is 1.16. The third kappa shape index (κ3) is 4.27. The van der Waals surface area contributed by atoms with Gasteiger partial charge in [-0.25, -0.2) is 0 Å². The van der Waals surface area contributed by atoms with Gasteiger partial charge in [-0.3, -0.25) is 0 Å². The first-order valence-corrected chi connectivity index (χ1v) is 18.5. The van der Waals surface area contributed by atoms with Crippen molar-refractivity contribution >= 4 is 43.6 Å². The normalized spacial score (nSPS) is 13.2. The van der Waals surface area contributed by atoms with Crippen molar-refractivity contribution in [2.45, 2.75) is 19.3 Å². The van der Waals surface area contributed by atoms with Gasteiger partial charge in [0, 0.05) is 38.3 Å². The lowest BCUT2D eigenvalue weighted by molar-refractivity contribution is 0.673. The summed E-state index contributed by atoms with van der Waals surface area (Å²) in [6.07, 6.45) is 0. The molecule has 2 nitrogen and oxygen atoms in total. The summed E-state index contributed by atoms with van der Waals surface area (Å²) in [6, 6.07) is 66.7. The first kappa shape index (κ1) is 30.0. The van der Waals surface area contributed by atoms with Crippen molar-refractivity contribution in [2.75, 3.05) is 0 Å². The molecule has 0 unspecified atom stereocenters. The second kappa shape index (κ2) is 11.2. The molecule has 0 saturated heterocycles. The Morgan fingerprint density at radius 1 is 0.340 bits per heavy atom. The van der Waals surface area contributed by atoms with E-state index >= 15 is 0 Å². The van der Waals surface area contributed by atoms with Gasteiger partial charge in [0.05, 0.1) is 22.1 Å². The number of hydrogen-bond acceptors (Lipinski definition) is 0. The average molecular weight is 677 g/mol. The number of fused-ring (bicyclic) bond motifs is 11. The van der Waals surface area contributed by atoms with Crippen molar-refractivity contribution in [3.8, 4) is 44.8 Å². The van der Waals surface area contributed by atoms with E-state index in [1.54, 1.807) is 0 Å². The molecule has 0 atom stereocenters. The Morgan fingerprint density at radius 2 is 0.736 bits per heavy atom. The molecule has 11 rings (SSSR count). The van der Waals surface area contributed by atoms with Crippen molar-refractivity contribution < 1.29 is 0 Å². The standard InChI is InChI=1S/C51H36N2/c1-51(2)49-39(27-29-45-47(49)41-23-9-11-25-43(41)52(45)37-21-13-19-35(31-37)33-15-5-3-6-16-33)40-28-30-46-48(50(40)51)42-24-10-12-26-44(42)53(46)38-22-14-20-36(32-38)34-17-7-4-8-18-34/h3-32H,1-2H3. The summed E-state index contributed by atoms with van der Waals surface area (Å²) in [5.41, 5.74) is 17.4. The van der Waals surface area contributed by atoms with Crippen molar-refractivity contribution in [3.63, 3.8) is 0 Å². The lowest BCUT2D eigenvalue weighted by atomic mass is 9.79. The van der Waals surface area contributed by atoms with E-state index in [1.165, 1.54) is 99.5 Å². The number of hydrogen-bond donors (Lipinski definition) is 0. The van der Waals surface area contributed by atoms with Gasteiger partial charge in [-0.2, -0.15) is 0 Å². The van der Waals surface area contributed by atoms with Gasteiger partial charge >= 0.3 is 0 Å². The lowest BCUT2D eigenvalue weighted by Gasteiger charge is -2.24. The largest absolute Gasteiger partial charge is 0.309 e. The molecule has 0 radical (unpaired) electrons. The number of benzene rings is 8. The molecule has 10 aromatic rings. The van der Waals surface area contributed by atoms with E-state index in [0.29, 0.717) is 0 Å². The Kier molecular flexibility index (Phi) is 6.33. The molecule has 0 aliphatic heterocycles. The highest BCUT2D eigenvalue weighted by Gasteiger charge is 2.40. The fourth-order valence-corrected chi connectivity index (χ4v) is 9.46. The molecule has 0 amide bonds. The monoisotopic (exact) mass is 676 g/mol. The molecular formula is C51H36N2. The summed E-state index contributed by atoms with van der Waals surface area (Å²) in [7, 11) is 0. The van der Waals surface area contributed by atoms with E-state index in [-0.39, 0.29) is 5.41 Å². The summed E-state index contributed by atoms with van der Waals surface area (Å²) in [5, 5.41) is 5.28. The molecule has 1 aliphatic rings. The van der Waals surface area contributed by atoms with Gasteiger partial charge in [0.15, 0.2) is 0 Å². The van der Waals surface area contributed by atoms with Crippen LogP contribution < -0.4 is 0 Å². The molecule has 2 heteroatoms. The van der Waals surface area contributed by atoms with Crippen molar-refractivity contribution in [2.24, 2.45) is 0 Å². The Bertz CT molecular complexity index is 2860. The maximum Gasteiger partial charge on any atom is 0.0544 e. The third-order valence-corrected chi connectivity index (χ3v) is 11.6. The lowest BCUT2D eigenvalue weighted by Crippen LogP contribution is -2.16. The van der Waals surface area contributed by atoms with Gasteiger partial charge in [0.25, 0.3) is 0 Å². The zero-order valence-electron chi connectivity index (χ0n) is 29.7. The fourth-order valence-electron chi connectivity index (χ4n) is 9.46. The van der Waals surface area contributed by atoms with Crippen LogP contribution in [0.15, 0.2) is 182 Å². The molecule has 0 bridgehead atoms. The highest BCUT2D eigenvalue weighted by molar-refractivity contribution is 6.18. The second-order valence-corrected chi connectivity index (χ2v) is 14.9. The number of para-hydroxylation sites is 2. The highest BCUT2D eigenvalue weighted by atomic mass is 15.0. The van der Waals surface area contributed by atoms with E-state index in [2.05, 4.69) is 205 Å². The number of rotatable bonds is 4. The van der Waals surface area contributed by atoms with Gasteiger partial charge in [0.1, 0.15) is 0 Å². The van der Waals surface area contributed by atoms with Gasteiger partial charge in [0.2, 0.25) is 0 Å². The summed E-state index contributed by atoms with van der Waals surface area (Å²) in [6.45, 7) is 4.89. The van der Waals surface area contributed by atoms with Crippen LogP contribution in [0.25, 0.3) is 88.4 Å². The van der Waals surface area contributed by atoms with Crippen molar-refractivity contribution in [3.05, 3.63) is 193 Å². The highest BCUT2D eigenvalue weighted by Crippen LogP contribution is 2.56. The summed E-state index contributed by atoms with van der Waals surface area (Å²) in [4.78, 5) is 0. The average Bonchev–Trinajstić information content (AvgIpc) is 3.81. The molecule has 0 fully saturated rings. The van der Waals surface area contributed by atoms with Crippen LogP contribution in [-0.2, 0) is 5.41 Å². The SMILES string of the molecule is CC1(C)c2c(ccc3c2c2ccccc2n3-c2cccc(-c3ccccc3)c2)-c2ccc3c(c21)c1ccccc1n3-c1cccc(-c2ccccc2)c1. The molecule has 2 heterocycles. The van der Waals surface area contributed by atoms with Gasteiger partial charge < -0.3 is 9.13 Å². The first-order chi connectivity index (χ1) is 26.1. The quantitative estimate of drug-likeness (QED) is 0.176. The predicted octanol–water partition coefficient (Wildman–Crippen LogP) is 13.5. The van der Waals surface area contributed by atoms with Crippen LogP contribution >= 0.6 is 0 Å². The van der Waals surface area contributed by atoms with Crippen LogP contribution in [0.1, 0.15) is 25.0 Å². The predicted molar refractivity (Wildman–Crippen MR) is 224 cm³/mol. The Hall–Kier alpha value is -6.64. The molecule has 0 spiro atoms. The molecule has 0 saturated carbocycles. The van der Waals surface area contributed by atoms with Crippen molar-refractivity contribution in [1.29, 1.82) is 0 Å². The first-order valence-electron chi connectivity index (χ1n) is 18.5. The minimum absolute atomic E-state index is 0.259. The summed E-state index contributed by atoms with van der Waals surface area (Å²) < 4.78 is 4.94. The fraction of sp³-hybridized carbons (Fsp3) is 0.0588. The zero-order chi connectivity index (χ0) is 35.3. The van der Waals surface area contributed by atoms with E-state index in [9.17, 15) is 0 Å². The zero-order valence-corrected chi connectivity index (χ0v) is 29.7. The second-order valence-electron chi connectivity index (χ2n) is 14.9. The Morgan fingerprint density at radius 3 is 1.19 bits per heavy atom. The third-order valence-electron chi connectivity index (χ3n) is 11.6. The molecule has 0 N–H and O–H groups in total. The van der Waals surface area contributed by atoms with E-state index < -0.39 is 0 Å². The van der Waals surface area contributed by atoms with Gasteiger partial charge in [-0.05, 0) is 93.0 Å². The van der Waals surface area contributed by atoms with Crippen LogP contribution in [-0.4, -0.2) is 9.13 Å². The summed E-state index contributed by atoms with van der Waals surface area (Å²) in [5.74, 6) is 0. The number of aromatic nitrogens is 2. The van der Waals surface area contributed by atoms with Crippen LogP contribution in [0.3, 0.4) is 0 Å². The minimum atomic E-state index is -0.259. The molecule has 53 heavy (non-hydrogen) atoms. The molecule has 8 aromatic carbocycles. The molecule has 1 aliphatic carbocycles. The number of nitrogens with zero attached hydrogens (tertiary/aromatic N) is 2. The van der Waals surface area contributed by atoms with Crippen LogP contribution in [0.2, 0.25) is 0 Å². The Labute approximate surface area is 308 Å². The van der Waals surface area contributed by atoms with E-state index in [4.69, 9.17) is 0 Å². The minimum Gasteiger partial charge on any atom is -0.309 e. The smallest absolute Gasteiger partial charge is 0.0544 e. The van der Waals surface area contributed by atoms with Crippen LogP contribution in [0, 0.1) is 0 Å². The maximum atomic E-state index is 2.47. The topological polar surface area (TPSA) is 9.86 Å². The van der Waals surface area contributed by atoms with E-state index in [0.717, 1.165) is 0 Å². The van der Waals surface area contributed by atoms with Crippen LogP contribution in [0.5, 0.6) is 0 Å². The van der Waals surface area contributed by atoms with Crippen LogP contribution in [0.4, 0.5) is 0 Å². The van der Waals surface area contributed by atoms with Crippen molar-refractivity contribution in [1.82, 2.24) is 9.13 Å². The molecule has 250 valence electrons. The van der Waals surface area contributed by atoms with Gasteiger partial charge in [-0.15, -0.1) is 0 Å². The van der Waals surface area contributed by atoms with E-state index in [1.807, 2.05) is 0 Å².